The summed E-state index contributed by atoms with van der Waals surface area (Å²) in [7, 11) is 1.66. The molecule has 2 rings (SSSR count). The first-order chi connectivity index (χ1) is 6.61. The standard InChI is InChI=1S/C9H11BrN2O2/c1-12-8(9(13)14)6(10)7(11-12)5-3-2-4-5/h5H,2-4H2,1H3,(H,13,14). The van der Waals surface area contributed by atoms with Gasteiger partial charge in [0.2, 0.25) is 0 Å². The maximum absolute atomic E-state index is 10.9. The lowest BCUT2D eigenvalue weighted by molar-refractivity contribution is 0.0684. The molecule has 1 aromatic rings. The molecule has 1 saturated carbocycles. The van der Waals surface area contributed by atoms with Gasteiger partial charge in [-0.2, -0.15) is 5.10 Å². The van der Waals surface area contributed by atoms with Crippen LogP contribution in [0.3, 0.4) is 0 Å². The topological polar surface area (TPSA) is 55.1 Å². The van der Waals surface area contributed by atoms with Crippen molar-refractivity contribution in [3.05, 3.63) is 15.9 Å². The molecule has 0 aromatic carbocycles. The predicted molar refractivity (Wildman–Crippen MR) is 54.5 cm³/mol. The second-order valence-electron chi connectivity index (χ2n) is 3.60. The van der Waals surface area contributed by atoms with Gasteiger partial charge in [0.15, 0.2) is 5.69 Å². The molecule has 1 aliphatic carbocycles. The van der Waals surface area contributed by atoms with Gasteiger partial charge in [-0.1, -0.05) is 6.42 Å². The van der Waals surface area contributed by atoms with E-state index in [-0.39, 0.29) is 5.69 Å². The van der Waals surface area contributed by atoms with E-state index in [4.69, 9.17) is 5.11 Å². The first-order valence-electron chi connectivity index (χ1n) is 4.57. The third-order valence-corrected chi connectivity index (χ3v) is 3.49. The number of carboxylic acids is 1. The minimum Gasteiger partial charge on any atom is -0.476 e. The van der Waals surface area contributed by atoms with E-state index in [1.165, 1.54) is 11.1 Å². The maximum Gasteiger partial charge on any atom is 0.355 e. The molecule has 1 aromatic heterocycles. The molecule has 1 N–H and O–H groups in total. The Kier molecular flexibility index (Phi) is 2.34. The van der Waals surface area contributed by atoms with Crippen molar-refractivity contribution in [1.82, 2.24) is 9.78 Å². The highest BCUT2D eigenvalue weighted by molar-refractivity contribution is 9.10. The molecule has 4 nitrogen and oxygen atoms in total. The van der Waals surface area contributed by atoms with E-state index in [2.05, 4.69) is 21.0 Å². The Labute approximate surface area is 90.0 Å². The minimum atomic E-state index is -0.933. The van der Waals surface area contributed by atoms with Crippen LogP contribution in [0, 0.1) is 0 Å². The maximum atomic E-state index is 10.9. The number of carboxylic acid groups (broad SMARTS) is 1. The summed E-state index contributed by atoms with van der Waals surface area (Å²) in [5.74, 6) is -0.485. The first-order valence-corrected chi connectivity index (χ1v) is 5.36. The van der Waals surface area contributed by atoms with Crippen molar-refractivity contribution in [2.45, 2.75) is 25.2 Å². The van der Waals surface area contributed by atoms with Crippen molar-refractivity contribution in [3.63, 3.8) is 0 Å². The van der Waals surface area contributed by atoms with Gasteiger partial charge >= 0.3 is 5.97 Å². The van der Waals surface area contributed by atoms with Crippen LogP contribution in [0.1, 0.15) is 41.4 Å². The number of hydrogen-bond acceptors (Lipinski definition) is 2. The van der Waals surface area contributed by atoms with Gasteiger partial charge in [0.05, 0.1) is 10.2 Å². The third kappa shape index (κ3) is 1.35. The Bertz CT molecular complexity index is 382. The monoisotopic (exact) mass is 258 g/mol. The van der Waals surface area contributed by atoms with Crippen LogP contribution < -0.4 is 0 Å². The predicted octanol–water partition coefficient (Wildman–Crippen LogP) is 2.15. The normalized spacial score (nSPS) is 16.7. The average Bonchev–Trinajstić information content (AvgIpc) is 2.23. The van der Waals surface area contributed by atoms with Gasteiger partial charge in [-0.3, -0.25) is 4.68 Å². The highest BCUT2D eigenvalue weighted by Gasteiger charge is 2.28. The van der Waals surface area contributed by atoms with E-state index in [0.29, 0.717) is 10.4 Å². The number of nitrogens with zero attached hydrogens (tertiary/aromatic N) is 2. The molecule has 76 valence electrons. The number of carbonyl (C=O) groups is 1. The molecule has 0 unspecified atom stereocenters. The van der Waals surface area contributed by atoms with Crippen molar-refractivity contribution >= 4 is 21.9 Å². The van der Waals surface area contributed by atoms with Gasteiger partial charge in [0.25, 0.3) is 0 Å². The molecule has 0 radical (unpaired) electrons. The molecule has 14 heavy (non-hydrogen) atoms. The number of hydrogen-bond donors (Lipinski definition) is 1. The molecular formula is C9H11BrN2O2. The zero-order valence-electron chi connectivity index (χ0n) is 7.83. The van der Waals surface area contributed by atoms with Gasteiger partial charge in [-0.25, -0.2) is 4.79 Å². The largest absolute Gasteiger partial charge is 0.476 e. The lowest BCUT2D eigenvalue weighted by atomic mass is 9.83. The Balaban J connectivity index is 2.42. The van der Waals surface area contributed by atoms with Gasteiger partial charge in [-0.05, 0) is 28.8 Å². The summed E-state index contributed by atoms with van der Waals surface area (Å²) in [6.07, 6.45) is 3.46. The molecule has 0 saturated heterocycles. The second-order valence-corrected chi connectivity index (χ2v) is 4.40. The molecule has 0 aliphatic heterocycles. The van der Waals surface area contributed by atoms with Gasteiger partial charge in [-0.15, -0.1) is 0 Å². The Morgan fingerprint density at radius 2 is 2.29 bits per heavy atom. The number of halogens is 1. The van der Waals surface area contributed by atoms with Gasteiger partial charge in [0, 0.05) is 13.0 Å². The van der Waals surface area contributed by atoms with Gasteiger partial charge < -0.3 is 5.11 Å². The molecule has 1 fully saturated rings. The van der Waals surface area contributed by atoms with Crippen LogP contribution in [0.5, 0.6) is 0 Å². The zero-order valence-corrected chi connectivity index (χ0v) is 9.41. The van der Waals surface area contributed by atoms with E-state index < -0.39 is 5.97 Å². The van der Waals surface area contributed by atoms with Crippen LogP contribution in [0.4, 0.5) is 0 Å². The smallest absolute Gasteiger partial charge is 0.355 e. The number of aryl methyl sites for hydroxylation is 1. The lowest BCUT2D eigenvalue weighted by Crippen LogP contribution is -2.10. The second kappa shape index (κ2) is 3.38. The van der Waals surface area contributed by atoms with Gasteiger partial charge in [0.1, 0.15) is 0 Å². The summed E-state index contributed by atoms with van der Waals surface area (Å²) in [5, 5.41) is 13.2. The van der Waals surface area contributed by atoms with Crippen molar-refractivity contribution < 1.29 is 9.90 Å². The third-order valence-electron chi connectivity index (χ3n) is 2.71. The summed E-state index contributed by atoms with van der Waals surface area (Å²) in [4.78, 5) is 10.9. The molecular weight excluding hydrogens is 248 g/mol. The molecule has 1 heterocycles. The Morgan fingerprint density at radius 3 is 2.64 bits per heavy atom. The zero-order chi connectivity index (χ0) is 10.3. The Morgan fingerprint density at radius 1 is 1.64 bits per heavy atom. The molecule has 0 spiro atoms. The summed E-state index contributed by atoms with van der Waals surface area (Å²) in [6.45, 7) is 0. The van der Waals surface area contributed by atoms with Crippen LogP contribution in [0.15, 0.2) is 4.47 Å². The number of rotatable bonds is 2. The van der Waals surface area contributed by atoms with Crippen LogP contribution in [0.25, 0.3) is 0 Å². The first kappa shape index (κ1) is 9.71. The van der Waals surface area contributed by atoms with E-state index in [0.717, 1.165) is 18.5 Å². The summed E-state index contributed by atoms with van der Waals surface area (Å²) in [6, 6.07) is 0. The molecule has 5 heteroatoms. The fourth-order valence-electron chi connectivity index (χ4n) is 1.69. The number of aromatic carboxylic acids is 1. The number of aromatic nitrogens is 2. The fraction of sp³-hybridized carbons (Fsp3) is 0.556. The lowest BCUT2D eigenvalue weighted by Gasteiger charge is -2.23. The highest BCUT2D eigenvalue weighted by Crippen LogP contribution is 2.39. The van der Waals surface area contributed by atoms with Crippen LogP contribution in [-0.4, -0.2) is 20.9 Å². The highest BCUT2D eigenvalue weighted by atomic mass is 79.9. The molecule has 0 atom stereocenters. The molecule has 1 aliphatic rings. The summed E-state index contributed by atoms with van der Waals surface area (Å²) < 4.78 is 2.08. The Hall–Kier alpha value is -0.840. The van der Waals surface area contributed by atoms with Crippen LogP contribution in [0.2, 0.25) is 0 Å². The van der Waals surface area contributed by atoms with E-state index >= 15 is 0 Å². The van der Waals surface area contributed by atoms with Crippen LogP contribution in [-0.2, 0) is 7.05 Å². The average molecular weight is 259 g/mol. The molecule has 0 bridgehead atoms. The van der Waals surface area contributed by atoms with E-state index in [1.54, 1.807) is 7.05 Å². The van der Waals surface area contributed by atoms with E-state index in [1.807, 2.05) is 0 Å². The molecule has 0 amide bonds. The van der Waals surface area contributed by atoms with Crippen molar-refractivity contribution in [1.29, 1.82) is 0 Å². The SMILES string of the molecule is Cn1nc(C2CCC2)c(Br)c1C(=O)O. The van der Waals surface area contributed by atoms with E-state index in [9.17, 15) is 4.79 Å². The van der Waals surface area contributed by atoms with Crippen molar-refractivity contribution in [3.8, 4) is 0 Å². The van der Waals surface area contributed by atoms with Crippen molar-refractivity contribution in [2.75, 3.05) is 0 Å². The fourth-order valence-corrected chi connectivity index (χ4v) is 2.52. The summed E-state index contributed by atoms with van der Waals surface area (Å²) in [5.41, 5.74) is 1.14. The summed E-state index contributed by atoms with van der Waals surface area (Å²) >= 11 is 3.31. The minimum absolute atomic E-state index is 0.243. The van der Waals surface area contributed by atoms with Crippen molar-refractivity contribution in [2.24, 2.45) is 7.05 Å². The quantitative estimate of drug-likeness (QED) is 0.885. The van der Waals surface area contributed by atoms with Crippen LogP contribution >= 0.6 is 15.9 Å².